The van der Waals surface area contributed by atoms with Gasteiger partial charge in [-0.1, -0.05) is 117 Å². The zero-order valence-corrected chi connectivity index (χ0v) is 59.2. The average Bonchev–Trinajstić information content (AvgIpc) is 1.75. The van der Waals surface area contributed by atoms with Crippen LogP contribution in [-0.2, 0) is 76.7 Å². The molecule has 1 aliphatic rings. The summed E-state index contributed by atoms with van der Waals surface area (Å²) in [6, 6.07) is -17.8. The van der Waals surface area contributed by atoms with Gasteiger partial charge in [0, 0.05) is 19.3 Å². The zero-order chi connectivity index (χ0) is 74.1. The van der Waals surface area contributed by atoms with E-state index in [1.165, 1.54) is 13.8 Å². The number of aliphatic hydroxyl groups excluding tert-OH is 2. The molecule has 0 aliphatic carbocycles. The lowest BCUT2D eigenvalue weighted by molar-refractivity contribution is -0.151. The topological polar surface area (TPSA) is 496 Å². The van der Waals surface area contributed by atoms with Crippen molar-refractivity contribution in [2.75, 3.05) is 19.8 Å². The molecular formula is C65H113N13O19. The number of rotatable bonds is 41. The molecule has 12 atom stereocenters. The highest BCUT2D eigenvalue weighted by Gasteiger charge is 2.40. The Kier molecular flexibility index (Phi) is 39.5. The summed E-state index contributed by atoms with van der Waals surface area (Å²) in [6.07, 6.45) is 0.509. The van der Waals surface area contributed by atoms with Crippen LogP contribution in [0, 0.1) is 41.4 Å². The summed E-state index contributed by atoms with van der Waals surface area (Å²) in [5.74, 6) is -16.6. The van der Waals surface area contributed by atoms with Gasteiger partial charge in [-0.3, -0.25) is 67.1 Å². The number of nitrogens with one attached hydrogen (secondary N) is 12. The Morgan fingerprint density at radius 1 is 0.485 bits per heavy atom. The first-order valence-electron chi connectivity index (χ1n) is 33.8. The zero-order valence-electron chi connectivity index (χ0n) is 59.2. The predicted octanol–water partition coefficient (Wildman–Crippen LogP) is -1.40. The molecule has 13 amide bonds. The number of hydrogen-bond acceptors (Lipinski definition) is 18. The van der Waals surface area contributed by atoms with Crippen LogP contribution in [0.2, 0.25) is 0 Å². The SMILES string of the molecule is CCCCCC(=O)NC(CC(C)C)C(=O)NC(CCC(=O)O)C(=O)NC(CC(C)C)C(=O)NC(CC(C)C)C(=O)NC(CCC(N)=O)C(=O)NC(CO)C(=O)NC(C(=O)NC(CC(C)C)C(=O)NC1COC(=O)C(CO)NC(=O)C(C(C)C)NC(=O)C(CC(C)C)NC1=O)C(C)C. The third-order valence-electron chi connectivity index (χ3n) is 15.4. The molecule has 1 heterocycles. The molecule has 32 nitrogen and oxygen atoms in total. The minimum absolute atomic E-state index is 0.0293. The number of carbonyl (C=O) groups is 15. The fourth-order valence-corrected chi connectivity index (χ4v) is 10.2. The van der Waals surface area contributed by atoms with Crippen molar-refractivity contribution < 1.29 is 92.0 Å². The van der Waals surface area contributed by atoms with Crippen molar-refractivity contribution in [3.05, 3.63) is 0 Å². The van der Waals surface area contributed by atoms with E-state index in [0.717, 1.165) is 12.8 Å². The number of amides is 13. The summed E-state index contributed by atoms with van der Waals surface area (Å²) in [7, 11) is 0. The fourth-order valence-electron chi connectivity index (χ4n) is 10.2. The van der Waals surface area contributed by atoms with E-state index in [9.17, 15) is 87.2 Å². The van der Waals surface area contributed by atoms with Crippen molar-refractivity contribution in [1.82, 2.24) is 63.8 Å². The Bertz CT molecular complexity index is 2670. The molecule has 0 saturated carbocycles. The highest BCUT2D eigenvalue weighted by Crippen LogP contribution is 2.16. The van der Waals surface area contributed by atoms with Crippen molar-refractivity contribution in [3.8, 4) is 0 Å². The van der Waals surface area contributed by atoms with Gasteiger partial charge in [-0.15, -0.1) is 0 Å². The van der Waals surface area contributed by atoms with Gasteiger partial charge in [0.1, 0.15) is 73.1 Å². The van der Waals surface area contributed by atoms with Gasteiger partial charge in [0.25, 0.3) is 0 Å². The van der Waals surface area contributed by atoms with Crippen LogP contribution in [0.25, 0.3) is 0 Å². The standard InChI is InChI=1S/C65H113N13O19/c1-16-17-18-19-50(82)67-41(24-32(2)3)56(87)69-40(21-23-51(83)84)54(85)70-43(26-34(6)7)58(89)71-42(25-33(4)5)57(88)68-39(20-22-49(66)81)55(86)74-46(29-79)61(92)78-52(37(12)13)63(94)73-44(27-35(8)9)59(90)76-48-31-97-65(96)47(30-80)75-64(95)53(38(14)15)77-60(91)45(28-36(10)11)72-62(48)93/h32-48,52-53,79-80H,16-31H2,1-15H3,(H2,66,81)(H,67,82)(H,68,88)(H,69,87)(H,70,85)(H,71,89)(H,72,93)(H,73,94)(H,74,86)(H,75,95)(H,76,90)(H,77,91)(H,78,92)(H,83,84). The first kappa shape index (κ1) is 87.0. The monoisotopic (exact) mass is 1380 g/mol. The highest BCUT2D eigenvalue weighted by atomic mass is 16.5. The smallest absolute Gasteiger partial charge is 0.331 e. The lowest BCUT2D eigenvalue weighted by Gasteiger charge is -2.29. The van der Waals surface area contributed by atoms with E-state index in [2.05, 4.69) is 63.8 Å². The Morgan fingerprint density at radius 2 is 0.907 bits per heavy atom. The molecule has 552 valence electrons. The number of esters is 1. The molecule has 1 aliphatic heterocycles. The second-order valence-electron chi connectivity index (χ2n) is 27.7. The number of nitrogens with two attached hydrogens (primary N) is 1. The number of carboxylic acids is 1. The minimum Gasteiger partial charge on any atom is -0.481 e. The van der Waals surface area contributed by atoms with E-state index < -0.39 is 213 Å². The largest absolute Gasteiger partial charge is 0.481 e. The number of aliphatic hydroxyl groups is 2. The minimum atomic E-state index is -1.85. The third-order valence-corrected chi connectivity index (χ3v) is 15.4. The van der Waals surface area contributed by atoms with E-state index in [0.29, 0.717) is 6.42 Å². The molecule has 0 aromatic heterocycles. The lowest BCUT2D eigenvalue weighted by atomic mass is 9.98. The van der Waals surface area contributed by atoms with Gasteiger partial charge in [-0.2, -0.15) is 0 Å². The summed E-state index contributed by atoms with van der Waals surface area (Å²) in [5.41, 5.74) is 5.46. The van der Waals surface area contributed by atoms with Crippen molar-refractivity contribution in [2.45, 2.75) is 260 Å². The van der Waals surface area contributed by atoms with Crippen LogP contribution in [0.15, 0.2) is 0 Å². The summed E-state index contributed by atoms with van der Waals surface area (Å²) in [4.78, 5) is 204. The average molecular weight is 1380 g/mol. The van der Waals surface area contributed by atoms with Gasteiger partial charge in [-0.25, -0.2) is 4.79 Å². The number of cyclic esters (lactones) is 1. The first-order valence-corrected chi connectivity index (χ1v) is 33.8. The van der Waals surface area contributed by atoms with Crippen molar-refractivity contribution in [1.29, 1.82) is 0 Å². The predicted molar refractivity (Wildman–Crippen MR) is 355 cm³/mol. The Morgan fingerprint density at radius 3 is 1.33 bits per heavy atom. The number of primary amides is 1. The molecule has 12 unspecified atom stereocenters. The Labute approximate surface area is 569 Å². The van der Waals surface area contributed by atoms with E-state index in [1.807, 2.05) is 20.8 Å². The third kappa shape index (κ3) is 33.2. The van der Waals surface area contributed by atoms with Gasteiger partial charge in [0.05, 0.1) is 13.2 Å². The van der Waals surface area contributed by atoms with Crippen LogP contribution in [0.4, 0.5) is 0 Å². The summed E-state index contributed by atoms with van der Waals surface area (Å²) < 4.78 is 5.34. The fraction of sp³-hybridized carbons (Fsp3) is 0.769. The maximum absolute atomic E-state index is 14.3. The van der Waals surface area contributed by atoms with Crippen molar-refractivity contribution >= 4 is 88.7 Å². The molecule has 0 aromatic carbocycles. The maximum atomic E-state index is 14.3. The summed E-state index contributed by atoms with van der Waals surface area (Å²) >= 11 is 0. The van der Waals surface area contributed by atoms with Gasteiger partial charge in [-0.05, 0) is 92.8 Å². The van der Waals surface area contributed by atoms with E-state index in [-0.39, 0.29) is 74.0 Å². The van der Waals surface area contributed by atoms with Crippen LogP contribution < -0.4 is 69.5 Å². The van der Waals surface area contributed by atoms with Gasteiger partial charge < -0.3 is 89.6 Å². The van der Waals surface area contributed by atoms with Gasteiger partial charge in [0.15, 0.2) is 6.04 Å². The number of unbranched alkanes of at least 4 members (excludes halogenated alkanes) is 2. The highest BCUT2D eigenvalue weighted by molar-refractivity contribution is 6.00. The quantitative estimate of drug-likeness (QED) is 0.0247. The second kappa shape index (κ2) is 44.0. The molecule has 1 fully saturated rings. The number of ether oxygens (including phenoxy) is 1. The second-order valence-corrected chi connectivity index (χ2v) is 27.7. The molecule has 0 aromatic rings. The van der Waals surface area contributed by atoms with Crippen LogP contribution in [-0.4, -0.2) is 196 Å². The maximum Gasteiger partial charge on any atom is 0.331 e. The summed E-state index contributed by atoms with van der Waals surface area (Å²) in [5, 5.41) is 60.6. The molecule has 17 N–H and O–H groups in total. The van der Waals surface area contributed by atoms with E-state index in [4.69, 9.17) is 10.5 Å². The lowest BCUT2D eigenvalue weighted by Crippen LogP contribution is -2.62. The number of hydrogen-bond donors (Lipinski definition) is 16. The van der Waals surface area contributed by atoms with E-state index >= 15 is 0 Å². The van der Waals surface area contributed by atoms with Crippen LogP contribution in [0.3, 0.4) is 0 Å². The van der Waals surface area contributed by atoms with Crippen LogP contribution in [0.1, 0.15) is 187 Å². The van der Waals surface area contributed by atoms with Crippen molar-refractivity contribution in [2.24, 2.45) is 47.2 Å². The molecule has 32 heteroatoms. The Hall–Kier alpha value is -8.03. The molecule has 97 heavy (non-hydrogen) atoms. The number of carbonyl (C=O) groups excluding carboxylic acids is 14. The molecule has 0 radical (unpaired) electrons. The van der Waals surface area contributed by atoms with Gasteiger partial charge in [0.2, 0.25) is 76.8 Å². The molecule has 0 bridgehead atoms. The Balaban J connectivity index is 3.57. The molecular weight excluding hydrogens is 1270 g/mol. The molecule has 0 spiro atoms. The summed E-state index contributed by atoms with van der Waals surface area (Å²) in [6.45, 7) is 22.9. The molecule has 1 rings (SSSR count). The van der Waals surface area contributed by atoms with E-state index in [1.54, 1.807) is 69.2 Å². The van der Waals surface area contributed by atoms with Gasteiger partial charge >= 0.3 is 11.9 Å². The van der Waals surface area contributed by atoms with Crippen LogP contribution in [0.5, 0.6) is 0 Å². The van der Waals surface area contributed by atoms with Crippen molar-refractivity contribution in [3.63, 3.8) is 0 Å². The molecule has 1 saturated heterocycles. The number of carboxylic acid groups (broad SMARTS) is 1. The number of aliphatic carboxylic acids is 1. The van der Waals surface area contributed by atoms with Crippen LogP contribution >= 0.6 is 0 Å². The normalized spacial score (nSPS) is 18.8. The first-order chi connectivity index (χ1) is 45.2.